The summed E-state index contributed by atoms with van der Waals surface area (Å²) in [7, 11) is 0. The Morgan fingerprint density at radius 1 is 1.17 bits per heavy atom. The molecule has 1 heterocycles. The van der Waals surface area contributed by atoms with Gasteiger partial charge >= 0.3 is 0 Å². The summed E-state index contributed by atoms with van der Waals surface area (Å²) in [5, 5.41) is 4.52. The maximum atomic E-state index is 5.77. The van der Waals surface area contributed by atoms with Gasteiger partial charge < -0.3 is 9.73 Å². The second kappa shape index (κ2) is 7.51. The molecule has 0 radical (unpaired) electrons. The van der Waals surface area contributed by atoms with Gasteiger partial charge in [-0.25, -0.2) is 0 Å². The molecule has 1 N–H and O–H groups in total. The fourth-order valence-electron chi connectivity index (χ4n) is 2.48. The molecule has 4 heteroatoms. The molecule has 102 valence electrons. The van der Waals surface area contributed by atoms with E-state index in [0.717, 1.165) is 29.1 Å². The third-order valence-electron chi connectivity index (χ3n) is 3.58. The predicted molar refractivity (Wildman–Crippen MR) is 82.3 cm³/mol. The Balaban J connectivity index is 1.71. The van der Waals surface area contributed by atoms with Crippen LogP contribution in [0.15, 0.2) is 16.5 Å². The number of nitrogens with one attached hydrogen (secondary N) is 1. The first kappa shape index (κ1) is 14.4. The Labute approximate surface area is 119 Å². The SMILES string of the molecule is CSCc1ccc(CNC2CCC(SC)CC2)o1. The normalized spacial score (nSPS) is 24.3. The number of thioether (sulfide) groups is 2. The highest BCUT2D eigenvalue weighted by atomic mass is 32.2. The van der Waals surface area contributed by atoms with Crippen molar-refractivity contribution in [2.24, 2.45) is 0 Å². The van der Waals surface area contributed by atoms with Gasteiger partial charge in [0.2, 0.25) is 0 Å². The number of rotatable bonds is 6. The molecule has 18 heavy (non-hydrogen) atoms. The van der Waals surface area contributed by atoms with E-state index >= 15 is 0 Å². The van der Waals surface area contributed by atoms with Crippen molar-refractivity contribution in [3.05, 3.63) is 23.7 Å². The van der Waals surface area contributed by atoms with Gasteiger partial charge in [-0.05, 0) is 50.3 Å². The minimum Gasteiger partial charge on any atom is -0.464 e. The zero-order chi connectivity index (χ0) is 12.8. The van der Waals surface area contributed by atoms with E-state index in [1.807, 2.05) is 11.8 Å². The lowest BCUT2D eigenvalue weighted by molar-refractivity contribution is 0.359. The molecular weight excluding hydrogens is 262 g/mol. The molecule has 1 fully saturated rings. The highest BCUT2D eigenvalue weighted by molar-refractivity contribution is 7.99. The molecule has 1 aliphatic carbocycles. The summed E-state index contributed by atoms with van der Waals surface area (Å²) < 4.78 is 5.77. The lowest BCUT2D eigenvalue weighted by Gasteiger charge is -2.27. The maximum absolute atomic E-state index is 5.77. The van der Waals surface area contributed by atoms with Gasteiger partial charge in [0.05, 0.1) is 12.3 Å². The van der Waals surface area contributed by atoms with E-state index in [4.69, 9.17) is 4.42 Å². The number of hydrogen-bond donors (Lipinski definition) is 1. The van der Waals surface area contributed by atoms with E-state index in [0.29, 0.717) is 6.04 Å². The highest BCUT2D eigenvalue weighted by Gasteiger charge is 2.20. The minimum atomic E-state index is 0.683. The minimum absolute atomic E-state index is 0.683. The quantitative estimate of drug-likeness (QED) is 0.857. The topological polar surface area (TPSA) is 25.2 Å². The second-order valence-electron chi connectivity index (χ2n) is 4.89. The first-order valence-electron chi connectivity index (χ1n) is 6.64. The van der Waals surface area contributed by atoms with Crippen LogP contribution >= 0.6 is 23.5 Å². The molecule has 2 nitrogen and oxygen atoms in total. The molecule has 0 atom stereocenters. The zero-order valence-electron chi connectivity index (χ0n) is 11.3. The Bertz CT molecular complexity index is 345. The number of furan rings is 1. The lowest BCUT2D eigenvalue weighted by Crippen LogP contribution is -2.33. The summed E-state index contributed by atoms with van der Waals surface area (Å²) in [5.74, 6) is 3.13. The fraction of sp³-hybridized carbons (Fsp3) is 0.714. The lowest BCUT2D eigenvalue weighted by atomic mass is 9.95. The van der Waals surface area contributed by atoms with Crippen molar-refractivity contribution in [1.82, 2.24) is 5.32 Å². The van der Waals surface area contributed by atoms with Crippen LogP contribution in [0.25, 0.3) is 0 Å². The predicted octanol–water partition coefficient (Wildman–Crippen LogP) is 3.91. The fourth-order valence-corrected chi connectivity index (χ4v) is 3.67. The first-order valence-corrected chi connectivity index (χ1v) is 9.32. The first-order chi connectivity index (χ1) is 8.81. The largest absolute Gasteiger partial charge is 0.464 e. The van der Waals surface area contributed by atoms with Crippen molar-refractivity contribution in [3.8, 4) is 0 Å². The molecule has 0 unspecified atom stereocenters. The second-order valence-corrected chi connectivity index (χ2v) is 6.90. The Hall–Kier alpha value is -0.0600. The molecule has 0 spiro atoms. The molecule has 0 aromatic carbocycles. The van der Waals surface area contributed by atoms with Gasteiger partial charge in [0.1, 0.15) is 11.5 Å². The van der Waals surface area contributed by atoms with E-state index in [-0.39, 0.29) is 0 Å². The van der Waals surface area contributed by atoms with E-state index in [1.54, 1.807) is 11.8 Å². The molecule has 0 bridgehead atoms. The summed E-state index contributed by atoms with van der Waals surface area (Å²) in [6.07, 6.45) is 9.66. The van der Waals surface area contributed by atoms with Crippen LogP contribution in [0.1, 0.15) is 37.2 Å². The molecular formula is C14H23NOS2. The van der Waals surface area contributed by atoms with Crippen molar-refractivity contribution in [3.63, 3.8) is 0 Å². The van der Waals surface area contributed by atoms with Crippen LogP contribution in [0.4, 0.5) is 0 Å². The van der Waals surface area contributed by atoms with Crippen molar-refractivity contribution in [2.75, 3.05) is 12.5 Å². The molecule has 1 aromatic rings. The van der Waals surface area contributed by atoms with Crippen LogP contribution in [0.3, 0.4) is 0 Å². The smallest absolute Gasteiger partial charge is 0.118 e. The van der Waals surface area contributed by atoms with Crippen molar-refractivity contribution < 1.29 is 4.42 Å². The summed E-state index contributed by atoms with van der Waals surface area (Å²) in [6.45, 7) is 0.878. The van der Waals surface area contributed by atoms with Crippen molar-refractivity contribution in [2.45, 2.75) is 49.3 Å². The molecule has 0 saturated heterocycles. The third kappa shape index (κ3) is 4.25. The van der Waals surface area contributed by atoms with Gasteiger partial charge in [-0.3, -0.25) is 0 Å². The molecule has 0 aliphatic heterocycles. The average Bonchev–Trinajstić information content (AvgIpc) is 2.85. The van der Waals surface area contributed by atoms with Gasteiger partial charge in [0.15, 0.2) is 0 Å². The van der Waals surface area contributed by atoms with Gasteiger partial charge in [-0.2, -0.15) is 23.5 Å². The molecule has 1 saturated carbocycles. The van der Waals surface area contributed by atoms with E-state index < -0.39 is 0 Å². The van der Waals surface area contributed by atoms with E-state index in [2.05, 4.69) is 30.0 Å². The van der Waals surface area contributed by atoms with E-state index in [1.165, 1.54) is 25.7 Å². The van der Waals surface area contributed by atoms with Crippen LogP contribution < -0.4 is 5.32 Å². The van der Waals surface area contributed by atoms with Gasteiger partial charge in [-0.15, -0.1) is 0 Å². The maximum Gasteiger partial charge on any atom is 0.118 e. The van der Waals surface area contributed by atoms with Crippen LogP contribution in [0, 0.1) is 0 Å². The summed E-state index contributed by atoms with van der Waals surface area (Å²) >= 11 is 3.82. The summed E-state index contributed by atoms with van der Waals surface area (Å²) in [6, 6.07) is 4.88. The summed E-state index contributed by atoms with van der Waals surface area (Å²) in [5.41, 5.74) is 0. The number of hydrogen-bond acceptors (Lipinski definition) is 4. The van der Waals surface area contributed by atoms with Crippen LogP contribution in [0.5, 0.6) is 0 Å². The Kier molecular flexibility index (Phi) is 5.99. The van der Waals surface area contributed by atoms with Crippen molar-refractivity contribution >= 4 is 23.5 Å². The monoisotopic (exact) mass is 285 g/mol. The molecule has 0 amide bonds. The van der Waals surface area contributed by atoms with Crippen LogP contribution in [-0.2, 0) is 12.3 Å². The third-order valence-corrected chi connectivity index (χ3v) is 5.29. The Morgan fingerprint density at radius 3 is 2.56 bits per heavy atom. The highest BCUT2D eigenvalue weighted by Crippen LogP contribution is 2.27. The molecule has 1 aliphatic rings. The van der Waals surface area contributed by atoms with Crippen molar-refractivity contribution in [1.29, 1.82) is 0 Å². The standard InChI is InChI=1S/C14H23NOS2/c1-17-10-13-6-5-12(16-13)9-15-11-3-7-14(18-2)8-4-11/h5-6,11,14-15H,3-4,7-10H2,1-2H3. The van der Waals surface area contributed by atoms with E-state index in [9.17, 15) is 0 Å². The van der Waals surface area contributed by atoms with Gasteiger partial charge in [0, 0.05) is 11.3 Å². The van der Waals surface area contributed by atoms with Crippen LogP contribution in [-0.4, -0.2) is 23.8 Å². The zero-order valence-corrected chi connectivity index (χ0v) is 12.9. The molecule has 1 aromatic heterocycles. The molecule has 2 rings (SSSR count). The van der Waals surface area contributed by atoms with Gasteiger partial charge in [-0.1, -0.05) is 0 Å². The van der Waals surface area contributed by atoms with Gasteiger partial charge in [0.25, 0.3) is 0 Å². The Morgan fingerprint density at radius 2 is 1.89 bits per heavy atom. The van der Waals surface area contributed by atoms with Crippen LogP contribution in [0.2, 0.25) is 0 Å². The average molecular weight is 285 g/mol. The summed E-state index contributed by atoms with van der Waals surface area (Å²) in [4.78, 5) is 0.